The van der Waals surface area contributed by atoms with Crippen molar-refractivity contribution < 1.29 is 18.8 Å². The highest BCUT2D eigenvalue weighted by atomic mass is 31.1. The largest absolute Gasteiger partial charge is 0.496 e. The predicted octanol–water partition coefficient (Wildman–Crippen LogP) is 6.01. The van der Waals surface area contributed by atoms with Crippen LogP contribution in [-0.2, 0) is 4.57 Å². The van der Waals surface area contributed by atoms with Crippen LogP contribution in [0.5, 0.6) is 11.5 Å². The summed E-state index contributed by atoms with van der Waals surface area (Å²) in [6.45, 7) is 6.27. The molecule has 0 fully saturated rings. The van der Waals surface area contributed by atoms with Gasteiger partial charge in [-0.15, -0.1) is 0 Å². The number of carbonyl (C=O) groups excluding carboxylic acids is 1. The Kier molecular flexibility index (Phi) is 7.77. The Morgan fingerprint density at radius 2 is 1.57 bits per heavy atom. The quantitative estimate of drug-likeness (QED) is 0.362. The molecule has 0 aliphatic heterocycles. The summed E-state index contributed by atoms with van der Waals surface area (Å²) in [5.41, 5.74) is 1.07. The number of methoxy groups -OCH3 is 2. The molecule has 0 saturated heterocycles. The zero-order valence-electron chi connectivity index (χ0n) is 17.3. The molecule has 0 aliphatic carbocycles. The van der Waals surface area contributed by atoms with Crippen molar-refractivity contribution >= 4 is 14.2 Å². The van der Waals surface area contributed by atoms with Gasteiger partial charge in [-0.05, 0) is 35.4 Å². The van der Waals surface area contributed by atoms with Crippen LogP contribution in [0.15, 0.2) is 48.5 Å². The van der Waals surface area contributed by atoms with Gasteiger partial charge in [-0.25, -0.2) is 0 Å². The van der Waals surface area contributed by atoms with Gasteiger partial charge >= 0.3 is 0 Å². The second-order valence-corrected chi connectivity index (χ2v) is 8.48. The molecule has 0 bridgehead atoms. The first-order valence-corrected chi connectivity index (χ1v) is 10.4. The molecule has 0 saturated carbocycles. The number of benzene rings is 2. The van der Waals surface area contributed by atoms with E-state index in [-0.39, 0.29) is 31.5 Å². The smallest absolute Gasteiger partial charge is 0.178 e. The molecule has 5 heteroatoms. The molecule has 0 heterocycles. The van der Waals surface area contributed by atoms with E-state index in [1.54, 1.807) is 26.4 Å². The third kappa shape index (κ3) is 4.99. The molecule has 28 heavy (non-hydrogen) atoms. The zero-order chi connectivity index (χ0) is 20.7. The Hall–Kier alpha value is -2.19. The van der Waals surface area contributed by atoms with Gasteiger partial charge < -0.3 is 9.47 Å². The first-order chi connectivity index (χ1) is 13.4. The lowest BCUT2D eigenvalue weighted by Crippen LogP contribution is -2.31. The van der Waals surface area contributed by atoms with E-state index in [9.17, 15) is 9.36 Å². The average molecular weight is 400 g/mol. The molecule has 4 nitrogen and oxygen atoms in total. The number of hydrogen-bond donors (Lipinski definition) is 0. The number of hydrogen-bond acceptors (Lipinski definition) is 4. The third-order valence-corrected chi connectivity index (χ3v) is 5.88. The third-order valence-electron chi connectivity index (χ3n) is 5.11. The highest BCUT2D eigenvalue weighted by molar-refractivity contribution is 7.23. The number of carbonyl (C=O) groups is 1. The Bertz CT molecular complexity index is 779. The topological polar surface area (TPSA) is 52.6 Å². The summed E-state index contributed by atoms with van der Waals surface area (Å²) in [5.74, 6) is 0.828. The van der Waals surface area contributed by atoms with Gasteiger partial charge in [0.15, 0.2) is 14.2 Å². The summed E-state index contributed by atoms with van der Waals surface area (Å²) in [5, 5.41) is 0. The van der Waals surface area contributed by atoms with Crippen molar-refractivity contribution in [1.82, 2.24) is 0 Å². The fourth-order valence-electron chi connectivity index (χ4n) is 4.05. The van der Waals surface area contributed by atoms with Crippen LogP contribution in [0, 0.1) is 11.3 Å². The molecule has 2 aromatic carbocycles. The van der Waals surface area contributed by atoms with Crippen LogP contribution in [-0.4, -0.2) is 26.2 Å². The Morgan fingerprint density at radius 3 is 2.07 bits per heavy atom. The van der Waals surface area contributed by atoms with E-state index in [1.807, 2.05) is 36.4 Å². The van der Waals surface area contributed by atoms with E-state index in [0.29, 0.717) is 23.2 Å². The molecule has 2 atom stereocenters. The minimum atomic E-state index is -0.385. The second kappa shape index (κ2) is 9.84. The lowest BCUT2D eigenvalue weighted by Gasteiger charge is -2.36. The molecule has 0 radical (unpaired) electrons. The van der Waals surface area contributed by atoms with Crippen LogP contribution >= 0.6 is 8.46 Å². The zero-order valence-corrected chi connectivity index (χ0v) is 18.2. The molecule has 0 N–H and O–H groups in total. The standard InChI is InChI=1S/C23H29O4P/c1-16(15-28-25)14-23(2,3)21(17-10-7-6-8-11-17)22(24)20-18(26-4)12-9-13-19(20)27-5/h6-13,16,21H,14-15H2,1-5H3. The van der Waals surface area contributed by atoms with Gasteiger partial charge in [-0.2, -0.15) is 0 Å². The summed E-state index contributed by atoms with van der Waals surface area (Å²) < 4.78 is 22.0. The lowest BCUT2D eigenvalue weighted by atomic mass is 9.67. The molecule has 2 rings (SSSR count). The summed E-state index contributed by atoms with van der Waals surface area (Å²) in [7, 11) is 3.25. The highest BCUT2D eigenvalue weighted by Crippen LogP contribution is 2.45. The van der Waals surface area contributed by atoms with Crippen molar-refractivity contribution in [2.45, 2.75) is 33.1 Å². The minimum Gasteiger partial charge on any atom is -0.496 e. The summed E-state index contributed by atoms with van der Waals surface area (Å²) in [4.78, 5) is 13.9. The number of Topliss-reactive ketones (excluding diaryl/α,β-unsaturated/α-hetero) is 1. The Balaban J connectivity index is 2.58. The summed E-state index contributed by atoms with van der Waals surface area (Å²) in [6.07, 6.45) is 1.35. The van der Waals surface area contributed by atoms with Crippen molar-refractivity contribution in [3.05, 3.63) is 59.7 Å². The molecular weight excluding hydrogens is 371 g/mol. The molecule has 150 valence electrons. The monoisotopic (exact) mass is 400 g/mol. The Morgan fingerprint density at radius 1 is 1.00 bits per heavy atom. The second-order valence-electron chi connectivity index (χ2n) is 7.86. The molecule has 0 aliphatic rings. The van der Waals surface area contributed by atoms with Gasteiger partial charge in [-0.3, -0.25) is 9.36 Å². The molecule has 0 aromatic heterocycles. The van der Waals surface area contributed by atoms with Crippen LogP contribution in [0.1, 0.15) is 49.0 Å². The molecule has 0 spiro atoms. The van der Waals surface area contributed by atoms with E-state index >= 15 is 0 Å². The van der Waals surface area contributed by atoms with Crippen molar-refractivity contribution in [1.29, 1.82) is 0 Å². The summed E-state index contributed by atoms with van der Waals surface area (Å²) in [6, 6.07) is 15.2. The van der Waals surface area contributed by atoms with E-state index in [4.69, 9.17) is 9.47 Å². The average Bonchev–Trinajstić information content (AvgIpc) is 2.67. The molecular formula is C23H29O4P. The van der Waals surface area contributed by atoms with Crippen molar-refractivity contribution in [3.8, 4) is 11.5 Å². The van der Waals surface area contributed by atoms with Gasteiger partial charge in [0.05, 0.1) is 20.1 Å². The first kappa shape index (κ1) is 22.1. The van der Waals surface area contributed by atoms with Gasteiger partial charge in [0.1, 0.15) is 17.1 Å². The maximum atomic E-state index is 13.9. The molecule has 2 unspecified atom stereocenters. The van der Waals surface area contributed by atoms with Crippen LogP contribution in [0.2, 0.25) is 0 Å². The normalized spacial score (nSPS) is 13.8. The number of ether oxygens (including phenoxy) is 2. The van der Waals surface area contributed by atoms with Crippen LogP contribution in [0.25, 0.3) is 0 Å². The van der Waals surface area contributed by atoms with Crippen molar-refractivity contribution in [2.75, 3.05) is 20.4 Å². The van der Waals surface area contributed by atoms with Crippen LogP contribution in [0.4, 0.5) is 0 Å². The maximum Gasteiger partial charge on any atom is 0.178 e. The van der Waals surface area contributed by atoms with Gasteiger partial charge in [0, 0.05) is 6.16 Å². The lowest BCUT2D eigenvalue weighted by molar-refractivity contribution is 0.0858. The Labute approximate surface area is 169 Å². The molecule has 2 aromatic rings. The molecule has 0 amide bonds. The van der Waals surface area contributed by atoms with Gasteiger partial charge in [0.2, 0.25) is 0 Å². The fraction of sp³-hybridized carbons (Fsp3) is 0.435. The minimum absolute atomic E-state index is 0.0302. The SMILES string of the molecule is COc1cccc(OC)c1C(=O)C(c1ccccc1)C(C)(C)CC(C)CP=O. The van der Waals surface area contributed by atoms with E-state index < -0.39 is 0 Å². The van der Waals surface area contributed by atoms with Gasteiger partial charge in [0.25, 0.3) is 0 Å². The van der Waals surface area contributed by atoms with Crippen LogP contribution < -0.4 is 9.47 Å². The highest BCUT2D eigenvalue weighted by Gasteiger charge is 2.39. The van der Waals surface area contributed by atoms with Crippen molar-refractivity contribution in [3.63, 3.8) is 0 Å². The fourth-order valence-corrected chi connectivity index (χ4v) is 4.43. The van der Waals surface area contributed by atoms with E-state index in [0.717, 1.165) is 12.0 Å². The first-order valence-electron chi connectivity index (χ1n) is 9.45. The summed E-state index contributed by atoms with van der Waals surface area (Å²) >= 11 is 0. The predicted molar refractivity (Wildman–Crippen MR) is 113 cm³/mol. The van der Waals surface area contributed by atoms with Crippen LogP contribution in [0.3, 0.4) is 0 Å². The van der Waals surface area contributed by atoms with Gasteiger partial charge in [-0.1, -0.05) is 57.2 Å². The van der Waals surface area contributed by atoms with Crippen molar-refractivity contribution in [2.24, 2.45) is 11.3 Å². The van der Waals surface area contributed by atoms with E-state index in [2.05, 4.69) is 20.8 Å². The maximum absolute atomic E-state index is 13.9. The number of ketones is 1. The number of rotatable bonds is 10. The van der Waals surface area contributed by atoms with E-state index in [1.165, 1.54) is 0 Å².